The largest absolute Gasteiger partial charge is 0.349 e. The van der Waals surface area contributed by atoms with Crippen LogP contribution in [0.3, 0.4) is 0 Å². The molecule has 0 spiro atoms. The summed E-state index contributed by atoms with van der Waals surface area (Å²) in [6.45, 7) is 0. The number of halogens is 3. The third-order valence-electron chi connectivity index (χ3n) is 5.28. The Morgan fingerprint density at radius 1 is 1.04 bits per heavy atom. The fraction of sp³-hybridized carbons (Fsp3) is 0.136. The summed E-state index contributed by atoms with van der Waals surface area (Å²) in [6, 6.07) is 20.6. The highest BCUT2D eigenvalue weighted by molar-refractivity contribution is 9.10. The zero-order chi connectivity index (χ0) is 19.3. The Kier molecular flexibility index (Phi) is 4.37. The topological polar surface area (TPSA) is 29.9 Å². The Morgan fingerprint density at radius 2 is 1.82 bits per heavy atom. The summed E-state index contributed by atoms with van der Waals surface area (Å²) in [4.78, 5) is 4.77. The van der Waals surface area contributed by atoms with Gasteiger partial charge in [0, 0.05) is 15.1 Å². The molecular weight excluding hydrogens is 441 g/mol. The first-order valence-corrected chi connectivity index (χ1v) is 10.2. The van der Waals surface area contributed by atoms with Crippen LogP contribution in [0.25, 0.3) is 11.0 Å². The van der Waals surface area contributed by atoms with Crippen molar-refractivity contribution >= 4 is 44.5 Å². The molecule has 28 heavy (non-hydrogen) atoms. The molecule has 0 unspecified atom stereocenters. The molecule has 140 valence electrons. The van der Waals surface area contributed by atoms with Crippen molar-refractivity contribution in [1.82, 2.24) is 9.55 Å². The number of para-hydroxylation sites is 2. The Labute approximate surface area is 175 Å². The van der Waals surface area contributed by atoms with Gasteiger partial charge in [-0.25, -0.2) is 9.37 Å². The van der Waals surface area contributed by atoms with Crippen LogP contribution in [0.15, 0.2) is 71.2 Å². The summed E-state index contributed by atoms with van der Waals surface area (Å²) in [5, 5.41) is 4.23. The lowest BCUT2D eigenvalue weighted by atomic mass is 9.92. The summed E-state index contributed by atoms with van der Waals surface area (Å²) in [6.07, 6.45) is 0.689. The number of imidazole rings is 1. The van der Waals surface area contributed by atoms with Crippen molar-refractivity contribution in [2.24, 2.45) is 0 Å². The molecule has 1 N–H and O–H groups in total. The van der Waals surface area contributed by atoms with Gasteiger partial charge in [-0.3, -0.25) is 0 Å². The van der Waals surface area contributed by atoms with Gasteiger partial charge in [0.2, 0.25) is 5.95 Å². The van der Waals surface area contributed by atoms with Gasteiger partial charge in [0.05, 0.1) is 23.1 Å². The van der Waals surface area contributed by atoms with Crippen molar-refractivity contribution in [2.45, 2.75) is 18.5 Å². The Hall–Kier alpha value is -2.37. The molecule has 0 saturated carbocycles. The van der Waals surface area contributed by atoms with E-state index in [1.807, 2.05) is 54.6 Å². The maximum Gasteiger partial charge on any atom is 0.204 e. The highest BCUT2D eigenvalue weighted by atomic mass is 79.9. The highest BCUT2D eigenvalue weighted by Gasteiger charge is 2.33. The molecule has 0 fully saturated rings. The summed E-state index contributed by atoms with van der Waals surface area (Å²) in [5.74, 6) is 0.521. The van der Waals surface area contributed by atoms with Gasteiger partial charge in [-0.1, -0.05) is 57.9 Å². The van der Waals surface area contributed by atoms with E-state index in [4.69, 9.17) is 16.6 Å². The molecule has 1 aromatic heterocycles. The molecule has 0 saturated heterocycles. The van der Waals surface area contributed by atoms with Gasteiger partial charge in [-0.05, 0) is 48.4 Å². The smallest absolute Gasteiger partial charge is 0.204 e. The molecule has 5 rings (SSSR count). The molecule has 4 aromatic rings. The monoisotopic (exact) mass is 455 g/mol. The first-order chi connectivity index (χ1) is 13.6. The van der Waals surface area contributed by atoms with E-state index in [0.717, 1.165) is 27.0 Å². The summed E-state index contributed by atoms with van der Waals surface area (Å²) in [5.41, 5.74) is 3.62. The zero-order valence-corrected chi connectivity index (χ0v) is 17.1. The Balaban J connectivity index is 1.71. The quantitative estimate of drug-likeness (QED) is 0.362. The fourth-order valence-electron chi connectivity index (χ4n) is 4.00. The van der Waals surface area contributed by atoms with Gasteiger partial charge >= 0.3 is 0 Å². The minimum Gasteiger partial charge on any atom is -0.349 e. The van der Waals surface area contributed by atoms with Crippen molar-refractivity contribution in [3.8, 4) is 0 Å². The molecule has 0 aliphatic carbocycles. The second-order valence-electron chi connectivity index (χ2n) is 6.93. The van der Waals surface area contributed by atoms with Crippen molar-refractivity contribution in [3.63, 3.8) is 0 Å². The van der Waals surface area contributed by atoms with Gasteiger partial charge in [0.25, 0.3) is 0 Å². The van der Waals surface area contributed by atoms with Crippen LogP contribution in [-0.2, 0) is 0 Å². The number of benzene rings is 3. The third kappa shape index (κ3) is 2.90. The Bertz CT molecular complexity index is 1150. The van der Waals surface area contributed by atoms with E-state index in [2.05, 4.69) is 25.8 Å². The number of nitrogens with one attached hydrogen (secondary N) is 1. The van der Waals surface area contributed by atoms with E-state index < -0.39 is 0 Å². The number of rotatable bonds is 2. The number of nitrogens with zero attached hydrogens (tertiary/aromatic N) is 2. The zero-order valence-electron chi connectivity index (χ0n) is 14.7. The molecule has 3 nitrogen and oxygen atoms in total. The van der Waals surface area contributed by atoms with Gasteiger partial charge in [0.15, 0.2) is 0 Å². The van der Waals surface area contributed by atoms with Crippen LogP contribution in [0.5, 0.6) is 0 Å². The Morgan fingerprint density at radius 3 is 2.61 bits per heavy atom. The lowest BCUT2D eigenvalue weighted by Gasteiger charge is -2.34. The van der Waals surface area contributed by atoms with Crippen molar-refractivity contribution < 1.29 is 4.39 Å². The molecule has 2 heterocycles. The minimum atomic E-state index is -0.222. The van der Waals surface area contributed by atoms with Gasteiger partial charge in [0.1, 0.15) is 5.82 Å². The molecule has 0 radical (unpaired) electrons. The van der Waals surface area contributed by atoms with Crippen molar-refractivity contribution in [1.29, 1.82) is 0 Å². The number of fused-ring (bicyclic) bond motifs is 3. The average Bonchev–Trinajstić information content (AvgIpc) is 3.07. The average molecular weight is 457 g/mol. The van der Waals surface area contributed by atoms with E-state index in [-0.39, 0.29) is 17.9 Å². The fourth-order valence-corrected chi connectivity index (χ4v) is 4.73. The van der Waals surface area contributed by atoms with Crippen LogP contribution >= 0.6 is 27.5 Å². The van der Waals surface area contributed by atoms with E-state index in [0.29, 0.717) is 17.0 Å². The molecule has 1 aliphatic heterocycles. The van der Waals surface area contributed by atoms with Crippen LogP contribution in [0.2, 0.25) is 5.02 Å². The van der Waals surface area contributed by atoms with E-state index in [1.54, 1.807) is 6.07 Å². The maximum atomic E-state index is 14.9. The number of hydrogen-bond acceptors (Lipinski definition) is 2. The maximum absolute atomic E-state index is 14.9. The first-order valence-electron chi connectivity index (χ1n) is 9.04. The van der Waals surface area contributed by atoms with Gasteiger partial charge in [-0.2, -0.15) is 0 Å². The van der Waals surface area contributed by atoms with E-state index in [1.165, 1.54) is 6.07 Å². The van der Waals surface area contributed by atoms with Gasteiger partial charge < -0.3 is 9.88 Å². The molecular formula is C22H16BrClFN3. The molecule has 6 heteroatoms. The van der Waals surface area contributed by atoms with E-state index in [9.17, 15) is 4.39 Å². The number of anilines is 1. The van der Waals surface area contributed by atoms with E-state index >= 15 is 0 Å². The molecule has 2 atom stereocenters. The molecule has 0 bridgehead atoms. The predicted molar refractivity (Wildman–Crippen MR) is 114 cm³/mol. The summed E-state index contributed by atoms with van der Waals surface area (Å²) >= 11 is 9.62. The van der Waals surface area contributed by atoms with Crippen LogP contribution in [0, 0.1) is 5.82 Å². The van der Waals surface area contributed by atoms with Crippen molar-refractivity contribution in [2.75, 3.05) is 5.32 Å². The van der Waals surface area contributed by atoms with Crippen LogP contribution < -0.4 is 5.32 Å². The number of aromatic nitrogens is 2. The third-order valence-corrected chi connectivity index (χ3v) is 6.22. The summed E-state index contributed by atoms with van der Waals surface area (Å²) < 4.78 is 17.8. The lowest BCUT2D eigenvalue weighted by molar-refractivity contribution is 0.455. The molecule has 1 aliphatic rings. The van der Waals surface area contributed by atoms with Gasteiger partial charge in [-0.15, -0.1) is 0 Å². The lowest BCUT2D eigenvalue weighted by Crippen LogP contribution is -2.28. The van der Waals surface area contributed by atoms with Crippen LogP contribution in [0.1, 0.15) is 29.6 Å². The predicted octanol–water partition coefficient (Wildman–Crippen LogP) is 6.74. The highest BCUT2D eigenvalue weighted by Crippen LogP contribution is 2.43. The minimum absolute atomic E-state index is 0.00177. The normalized spacial score (nSPS) is 18.7. The second kappa shape index (κ2) is 6.90. The number of hydrogen-bond donors (Lipinski definition) is 1. The molecule has 0 amide bonds. The van der Waals surface area contributed by atoms with Crippen LogP contribution in [0.4, 0.5) is 10.3 Å². The standard InChI is InChI=1S/C22H16BrClFN3/c23-15-4-3-5-16(25)21(15)20-12-18(13-8-10-14(24)11-9-13)27-22-26-17-6-1-2-7-19(17)28(20)22/h1-11,18,20H,12H2,(H,26,27)/t18-,20-/m1/s1. The SMILES string of the molecule is Fc1cccc(Br)c1[C@H]1C[C@H](c2ccc(Cl)cc2)Nc2nc3ccccc3n21. The first kappa shape index (κ1) is 17.7. The molecule has 3 aromatic carbocycles. The second-order valence-corrected chi connectivity index (χ2v) is 8.22. The van der Waals surface area contributed by atoms with Crippen LogP contribution in [-0.4, -0.2) is 9.55 Å². The van der Waals surface area contributed by atoms with Crippen molar-refractivity contribution in [3.05, 3.63) is 93.2 Å². The summed E-state index contributed by atoms with van der Waals surface area (Å²) in [7, 11) is 0.